The monoisotopic (exact) mass is 365 g/mol. The minimum Gasteiger partial charge on any atom is -0.378 e. The van der Waals surface area contributed by atoms with E-state index in [2.05, 4.69) is 15.7 Å². The molecule has 0 saturated carbocycles. The first-order valence-electron chi connectivity index (χ1n) is 8.45. The van der Waals surface area contributed by atoms with E-state index in [0.717, 1.165) is 5.56 Å². The summed E-state index contributed by atoms with van der Waals surface area (Å²) in [5, 5.41) is 20.9. The van der Waals surface area contributed by atoms with E-state index in [0.29, 0.717) is 30.9 Å². The molecule has 0 spiro atoms. The third-order valence-electron chi connectivity index (χ3n) is 3.95. The lowest BCUT2D eigenvalue weighted by Gasteiger charge is -2.09. The summed E-state index contributed by atoms with van der Waals surface area (Å²) in [6.45, 7) is 1.38. The highest BCUT2D eigenvalue weighted by Crippen LogP contribution is 2.22. The summed E-state index contributed by atoms with van der Waals surface area (Å²) in [5.74, 6) is -0.190. The lowest BCUT2D eigenvalue weighted by Crippen LogP contribution is -2.28. The second-order valence-corrected chi connectivity index (χ2v) is 5.86. The lowest BCUT2D eigenvalue weighted by atomic mass is 10.1. The maximum atomic E-state index is 12.2. The second kappa shape index (κ2) is 8.61. The number of hydrogen-bond donors (Lipinski definition) is 2. The molecule has 2 aromatic carbocycles. The summed E-state index contributed by atoms with van der Waals surface area (Å²) >= 11 is 0. The molecule has 0 aliphatic carbocycles. The number of nitro groups is 1. The zero-order chi connectivity index (χ0) is 19.1. The van der Waals surface area contributed by atoms with Gasteiger partial charge in [-0.15, -0.1) is 0 Å². The van der Waals surface area contributed by atoms with E-state index in [9.17, 15) is 14.9 Å². The first-order chi connectivity index (χ1) is 13.1. The normalized spacial score (nSPS) is 10.4. The molecule has 0 fully saturated rings. The molecule has 1 heterocycles. The number of nitrogens with zero attached hydrogens (tertiary/aromatic N) is 3. The Hall–Kier alpha value is -3.68. The standard InChI is InChI=1S/C19H19N5O3/c25-19(16-8-6-15(7-9-16)14-23-13-3-10-22-23)21-12-11-20-17-4-1-2-5-18(17)24(26)27/h1-10,13,20H,11-12,14H2,(H,21,25). The topological polar surface area (TPSA) is 102 Å². The number of hydrogen-bond acceptors (Lipinski definition) is 5. The molecule has 27 heavy (non-hydrogen) atoms. The van der Waals surface area contributed by atoms with E-state index in [1.165, 1.54) is 6.07 Å². The molecule has 0 unspecified atom stereocenters. The maximum absolute atomic E-state index is 12.2. The summed E-state index contributed by atoms with van der Waals surface area (Å²) in [4.78, 5) is 22.7. The first kappa shape index (κ1) is 18.1. The molecule has 0 aliphatic rings. The maximum Gasteiger partial charge on any atom is 0.292 e. The molecule has 0 radical (unpaired) electrons. The predicted molar refractivity (Wildman–Crippen MR) is 102 cm³/mol. The summed E-state index contributed by atoms with van der Waals surface area (Å²) in [6, 6.07) is 15.6. The van der Waals surface area contributed by atoms with E-state index in [1.807, 2.05) is 29.1 Å². The number of nitro benzene ring substituents is 1. The molecule has 1 aromatic heterocycles. The van der Waals surface area contributed by atoms with E-state index in [-0.39, 0.29) is 11.6 Å². The van der Waals surface area contributed by atoms with Gasteiger partial charge in [-0.25, -0.2) is 0 Å². The number of para-hydroxylation sites is 2. The van der Waals surface area contributed by atoms with Crippen molar-refractivity contribution in [1.29, 1.82) is 0 Å². The predicted octanol–water partition coefficient (Wildman–Crippen LogP) is 2.68. The van der Waals surface area contributed by atoms with Crippen molar-refractivity contribution < 1.29 is 9.72 Å². The van der Waals surface area contributed by atoms with E-state index in [1.54, 1.807) is 36.5 Å². The zero-order valence-electron chi connectivity index (χ0n) is 14.5. The Morgan fingerprint density at radius 3 is 2.56 bits per heavy atom. The number of aromatic nitrogens is 2. The zero-order valence-corrected chi connectivity index (χ0v) is 14.5. The average Bonchev–Trinajstić information content (AvgIpc) is 3.19. The lowest BCUT2D eigenvalue weighted by molar-refractivity contribution is -0.384. The molecule has 0 saturated heterocycles. The van der Waals surface area contributed by atoms with Gasteiger partial charge in [0.05, 0.1) is 11.5 Å². The van der Waals surface area contributed by atoms with Crippen LogP contribution in [-0.2, 0) is 6.54 Å². The minimum atomic E-state index is -0.439. The van der Waals surface area contributed by atoms with Crippen molar-refractivity contribution in [1.82, 2.24) is 15.1 Å². The number of carbonyl (C=O) groups is 1. The van der Waals surface area contributed by atoms with Gasteiger partial charge in [0.15, 0.2) is 0 Å². The minimum absolute atomic E-state index is 0.0107. The average molecular weight is 365 g/mol. The molecule has 0 aliphatic heterocycles. The van der Waals surface area contributed by atoms with Gasteiger partial charge in [0, 0.05) is 37.1 Å². The highest BCUT2D eigenvalue weighted by Gasteiger charge is 2.11. The van der Waals surface area contributed by atoms with Gasteiger partial charge in [-0.3, -0.25) is 19.6 Å². The molecule has 0 atom stereocenters. The Balaban J connectivity index is 1.47. The molecule has 8 nitrogen and oxygen atoms in total. The largest absolute Gasteiger partial charge is 0.378 e. The number of carbonyl (C=O) groups excluding carboxylic acids is 1. The van der Waals surface area contributed by atoms with Crippen LogP contribution in [-0.4, -0.2) is 33.7 Å². The van der Waals surface area contributed by atoms with E-state index < -0.39 is 4.92 Å². The van der Waals surface area contributed by atoms with Crippen molar-refractivity contribution in [3.63, 3.8) is 0 Å². The van der Waals surface area contributed by atoms with Gasteiger partial charge in [0.2, 0.25) is 0 Å². The number of amides is 1. The van der Waals surface area contributed by atoms with E-state index in [4.69, 9.17) is 0 Å². The molecular formula is C19H19N5O3. The van der Waals surface area contributed by atoms with Crippen molar-refractivity contribution in [2.24, 2.45) is 0 Å². The molecular weight excluding hydrogens is 346 g/mol. The number of benzene rings is 2. The van der Waals surface area contributed by atoms with Crippen molar-refractivity contribution in [3.8, 4) is 0 Å². The number of rotatable bonds is 8. The van der Waals surface area contributed by atoms with Gasteiger partial charge in [-0.1, -0.05) is 24.3 Å². The van der Waals surface area contributed by atoms with Crippen LogP contribution in [0.4, 0.5) is 11.4 Å². The Kier molecular flexibility index (Phi) is 5.78. The van der Waals surface area contributed by atoms with Crippen LogP contribution in [0.25, 0.3) is 0 Å². The summed E-state index contributed by atoms with van der Waals surface area (Å²) in [5.41, 5.74) is 2.05. The SMILES string of the molecule is O=C(NCCNc1ccccc1[N+](=O)[O-])c1ccc(Cn2cccn2)cc1. The highest BCUT2D eigenvalue weighted by atomic mass is 16.6. The third kappa shape index (κ3) is 4.91. The highest BCUT2D eigenvalue weighted by molar-refractivity contribution is 5.94. The molecule has 138 valence electrons. The Morgan fingerprint density at radius 1 is 1.07 bits per heavy atom. The van der Waals surface area contributed by atoms with Crippen LogP contribution in [0.1, 0.15) is 15.9 Å². The quantitative estimate of drug-likeness (QED) is 0.363. The van der Waals surface area contributed by atoms with Crippen molar-refractivity contribution in [2.75, 3.05) is 18.4 Å². The van der Waals surface area contributed by atoms with Crippen LogP contribution < -0.4 is 10.6 Å². The van der Waals surface area contributed by atoms with Gasteiger partial charge in [-0.05, 0) is 29.8 Å². The Labute approximate surface area is 156 Å². The molecule has 3 rings (SSSR count). The third-order valence-corrected chi connectivity index (χ3v) is 3.95. The van der Waals surface area contributed by atoms with Crippen LogP contribution in [0.15, 0.2) is 67.0 Å². The van der Waals surface area contributed by atoms with E-state index >= 15 is 0 Å². The summed E-state index contributed by atoms with van der Waals surface area (Å²) < 4.78 is 1.81. The number of nitrogens with one attached hydrogen (secondary N) is 2. The molecule has 3 aromatic rings. The Morgan fingerprint density at radius 2 is 1.85 bits per heavy atom. The van der Waals surface area contributed by atoms with Gasteiger partial charge >= 0.3 is 0 Å². The van der Waals surface area contributed by atoms with Gasteiger partial charge in [-0.2, -0.15) is 5.10 Å². The number of anilines is 1. The fourth-order valence-electron chi connectivity index (χ4n) is 2.60. The summed E-state index contributed by atoms with van der Waals surface area (Å²) in [6.07, 6.45) is 3.60. The van der Waals surface area contributed by atoms with Crippen LogP contribution >= 0.6 is 0 Å². The van der Waals surface area contributed by atoms with Crippen LogP contribution in [0.5, 0.6) is 0 Å². The fraction of sp³-hybridized carbons (Fsp3) is 0.158. The summed E-state index contributed by atoms with van der Waals surface area (Å²) in [7, 11) is 0. The molecule has 8 heteroatoms. The first-order valence-corrected chi connectivity index (χ1v) is 8.45. The second-order valence-electron chi connectivity index (χ2n) is 5.86. The molecule has 0 bridgehead atoms. The van der Waals surface area contributed by atoms with Crippen LogP contribution in [0.2, 0.25) is 0 Å². The van der Waals surface area contributed by atoms with Crippen molar-refractivity contribution >= 4 is 17.3 Å². The van der Waals surface area contributed by atoms with Crippen LogP contribution in [0, 0.1) is 10.1 Å². The Bertz CT molecular complexity index is 907. The van der Waals surface area contributed by atoms with Crippen molar-refractivity contribution in [2.45, 2.75) is 6.54 Å². The molecule has 1 amide bonds. The van der Waals surface area contributed by atoms with Crippen molar-refractivity contribution in [3.05, 3.63) is 88.2 Å². The van der Waals surface area contributed by atoms with Gasteiger partial charge in [0.25, 0.3) is 11.6 Å². The fourth-order valence-corrected chi connectivity index (χ4v) is 2.60. The smallest absolute Gasteiger partial charge is 0.292 e. The van der Waals surface area contributed by atoms with Gasteiger partial charge in [0.1, 0.15) is 5.69 Å². The van der Waals surface area contributed by atoms with Gasteiger partial charge < -0.3 is 10.6 Å². The van der Waals surface area contributed by atoms with Crippen LogP contribution in [0.3, 0.4) is 0 Å². The molecule has 2 N–H and O–H groups in total.